The van der Waals surface area contributed by atoms with Crippen LogP contribution in [0.4, 0.5) is 0 Å². The van der Waals surface area contributed by atoms with Gasteiger partial charge in [0.05, 0.1) is 4.90 Å². The third-order valence-corrected chi connectivity index (χ3v) is 5.74. The Bertz CT molecular complexity index is 884. The van der Waals surface area contributed by atoms with E-state index in [1.165, 1.54) is 17.4 Å². The van der Waals surface area contributed by atoms with Gasteiger partial charge in [-0.25, -0.2) is 13.4 Å². The summed E-state index contributed by atoms with van der Waals surface area (Å²) in [5.41, 5.74) is 5.71. The van der Waals surface area contributed by atoms with Crippen LogP contribution in [0.2, 0.25) is 5.15 Å². The molecule has 0 N–H and O–H groups in total. The maximum Gasteiger partial charge on any atom is 0.175 e. The second-order valence-corrected chi connectivity index (χ2v) is 8.31. The molecule has 0 saturated carbocycles. The third kappa shape index (κ3) is 3.33. The molecule has 23 heavy (non-hydrogen) atoms. The Morgan fingerprint density at radius 3 is 2.22 bits per heavy atom. The lowest BCUT2D eigenvalue weighted by Gasteiger charge is -2.10. The maximum absolute atomic E-state index is 11.6. The first-order valence-corrected chi connectivity index (χ1v) is 9.78. The summed E-state index contributed by atoms with van der Waals surface area (Å²) in [5, 5.41) is 0.534. The number of pyridine rings is 1. The number of nitrogens with zero attached hydrogens (tertiary/aromatic N) is 1. The first kappa shape index (κ1) is 16.2. The molecular weight excluding hydrogens is 330 g/mol. The van der Waals surface area contributed by atoms with Gasteiger partial charge in [0.1, 0.15) is 5.15 Å². The summed E-state index contributed by atoms with van der Waals surface area (Å²) in [6, 6.07) is 9.22. The monoisotopic (exact) mass is 347 g/mol. The SMILES string of the molecule is Cc1cc(C2=C(c3ccc(S(C)(=O)=O)cc3)CCC2)cnc1Cl. The molecule has 1 aliphatic carbocycles. The molecule has 0 aliphatic heterocycles. The van der Waals surface area contributed by atoms with Gasteiger partial charge in [-0.15, -0.1) is 0 Å². The molecule has 0 bridgehead atoms. The summed E-state index contributed by atoms with van der Waals surface area (Å²) in [6.07, 6.45) is 6.15. The van der Waals surface area contributed by atoms with Gasteiger partial charge >= 0.3 is 0 Å². The highest BCUT2D eigenvalue weighted by Gasteiger charge is 2.19. The van der Waals surface area contributed by atoms with Crippen molar-refractivity contribution < 1.29 is 8.42 Å². The molecule has 0 spiro atoms. The van der Waals surface area contributed by atoms with E-state index in [1.54, 1.807) is 12.1 Å². The van der Waals surface area contributed by atoms with Crippen LogP contribution in [0.3, 0.4) is 0 Å². The zero-order valence-corrected chi connectivity index (χ0v) is 14.7. The predicted octanol–water partition coefficient (Wildman–Crippen LogP) is 4.54. The number of hydrogen-bond donors (Lipinski definition) is 0. The van der Waals surface area contributed by atoms with E-state index in [4.69, 9.17) is 11.6 Å². The number of halogens is 1. The van der Waals surface area contributed by atoms with E-state index < -0.39 is 9.84 Å². The van der Waals surface area contributed by atoms with Crippen molar-refractivity contribution in [1.82, 2.24) is 4.98 Å². The normalized spacial score (nSPS) is 15.3. The van der Waals surface area contributed by atoms with Gasteiger partial charge in [-0.3, -0.25) is 0 Å². The molecule has 0 amide bonds. The Kier molecular flexibility index (Phi) is 4.30. The van der Waals surface area contributed by atoms with Crippen molar-refractivity contribution in [2.75, 3.05) is 6.26 Å². The summed E-state index contributed by atoms with van der Waals surface area (Å²) in [6.45, 7) is 1.95. The molecule has 1 heterocycles. The number of rotatable bonds is 3. The van der Waals surface area contributed by atoms with Crippen molar-refractivity contribution in [3.05, 3.63) is 58.4 Å². The lowest BCUT2D eigenvalue weighted by Crippen LogP contribution is -1.97. The molecule has 0 fully saturated rings. The van der Waals surface area contributed by atoms with Crippen LogP contribution in [0.5, 0.6) is 0 Å². The predicted molar refractivity (Wildman–Crippen MR) is 94.2 cm³/mol. The van der Waals surface area contributed by atoms with Gasteiger partial charge in [-0.05, 0) is 72.2 Å². The van der Waals surface area contributed by atoms with Crippen molar-refractivity contribution in [3.8, 4) is 0 Å². The Morgan fingerprint density at radius 1 is 1.04 bits per heavy atom. The van der Waals surface area contributed by atoms with Gasteiger partial charge in [0.25, 0.3) is 0 Å². The molecular formula is C18H18ClNO2S. The zero-order chi connectivity index (χ0) is 16.6. The standard InChI is InChI=1S/C18H18ClNO2S/c1-12-10-14(11-20-18(12)19)17-5-3-4-16(17)13-6-8-15(9-7-13)23(2,21)22/h6-11H,3-5H2,1-2H3. The smallest absolute Gasteiger partial charge is 0.175 e. The molecule has 120 valence electrons. The topological polar surface area (TPSA) is 47.0 Å². The number of aryl methyl sites for hydroxylation is 1. The van der Waals surface area contributed by atoms with Crippen molar-refractivity contribution in [1.29, 1.82) is 0 Å². The first-order chi connectivity index (χ1) is 10.9. The summed E-state index contributed by atoms with van der Waals surface area (Å²) in [5.74, 6) is 0. The second-order valence-electron chi connectivity index (χ2n) is 5.94. The average molecular weight is 348 g/mol. The summed E-state index contributed by atoms with van der Waals surface area (Å²) < 4.78 is 23.2. The quantitative estimate of drug-likeness (QED) is 0.766. The zero-order valence-electron chi connectivity index (χ0n) is 13.1. The number of benzene rings is 1. The number of allylic oxidation sites excluding steroid dienone is 2. The van der Waals surface area contributed by atoms with E-state index in [-0.39, 0.29) is 0 Å². The van der Waals surface area contributed by atoms with Crippen LogP contribution in [0.25, 0.3) is 11.1 Å². The van der Waals surface area contributed by atoms with E-state index in [2.05, 4.69) is 11.1 Å². The van der Waals surface area contributed by atoms with E-state index in [1.807, 2.05) is 25.3 Å². The number of hydrogen-bond acceptors (Lipinski definition) is 3. The molecule has 2 aromatic rings. The summed E-state index contributed by atoms with van der Waals surface area (Å²) in [7, 11) is -3.16. The fourth-order valence-electron chi connectivity index (χ4n) is 3.01. The highest BCUT2D eigenvalue weighted by molar-refractivity contribution is 7.90. The first-order valence-electron chi connectivity index (χ1n) is 7.51. The van der Waals surface area contributed by atoms with E-state index in [9.17, 15) is 8.42 Å². The Hall–Kier alpha value is -1.65. The average Bonchev–Trinajstić information content (AvgIpc) is 2.99. The molecule has 0 atom stereocenters. The van der Waals surface area contributed by atoms with Gasteiger partial charge < -0.3 is 0 Å². The van der Waals surface area contributed by atoms with Crippen molar-refractivity contribution in [3.63, 3.8) is 0 Å². The van der Waals surface area contributed by atoms with Crippen LogP contribution in [0.15, 0.2) is 41.4 Å². The van der Waals surface area contributed by atoms with Gasteiger partial charge in [0, 0.05) is 12.5 Å². The summed E-state index contributed by atoms with van der Waals surface area (Å²) >= 11 is 6.02. The van der Waals surface area contributed by atoms with Crippen LogP contribution >= 0.6 is 11.6 Å². The Balaban J connectivity index is 2.04. The highest BCUT2D eigenvalue weighted by atomic mass is 35.5. The molecule has 1 aromatic heterocycles. The molecule has 3 rings (SSSR count). The minimum absolute atomic E-state index is 0.352. The molecule has 0 radical (unpaired) electrons. The highest BCUT2D eigenvalue weighted by Crippen LogP contribution is 2.40. The third-order valence-electron chi connectivity index (χ3n) is 4.21. The molecule has 1 aromatic carbocycles. The molecule has 1 aliphatic rings. The maximum atomic E-state index is 11.6. The van der Waals surface area contributed by atoms with Crippen LogP contribution in [-0.2, 0) is 9.84 Å². The van der Waals surface area contributed by atoms with Crippen molar-refractivity contribution in [2.24, 2.45) is 0 Å². The summed E-state index contributed by atoms with van der Waals surface area (Å²) in [4.78, 5) is 4.60. The number of aromatic nitrogens is 1. The van der Waals surface area contributed by atoms with Crippen LogP contribution in [-0.4, -0.2) is 19.7 Å². The fraction of sp³-hybridized carbons (Fsp3) is 0.278. The molecule has 5 heteroatoms. The fourth-order valence-corrected chi connectivity index (χ4v) is 3.74. The molecule has 3 nitrogen and oxygen atoms in total. The van der Waals surface area contributed by atoms with Gasteiger partial charge in [-0.2, -0.15) is 0 Å². The van der Waals surface area contributed by atoms with Crippen molar-refractivity contribution >= 4 is 32.6 Å². The van der Waals surface area contributed by atoms with Gasteiger partial charge in [0.15, 0.2) is 9.84 Å². The lowest BCUT2D eigenvalue weighted by atomic mass is 9.97. The van der Waals surface area contributed by atoms with E-state index in [0.29, 0.717) is 10.0 Å². The van der Waals surface area contributed by atoms with E-state index >= 15 is 0 Å². The van der Waals surface area contributed by atoms with Crippen LogP contribution in [0.1, 0.15) is 36.0 Å². The minimum Gasteiger partial charge on any atom is -0.244 e. The van der Waals surface area contributed by atoms with E-state index in [0.717, 1.165) is 36.0 Å². The lowest BCUT2D eigenvalue weighted by molar-refractivity contribution is 0.602. The van der Waals surface area contributed by atoms with Crippen LogP contribution < -0.4 is 0 Å². The van der Waals surface area contributed by atoms with Gasteiger partial charge in [-0.1, -0.05) is 23.7 Å². The van der Waals surface area contributed by atoms with Crippen LogP contribution in [0, 0.1) is 6.92 Å². The Labute approximate surface area is 141 Å². The Morgan fingerprint density at radius 2 is 1.65 bits per heavy atom. The van der Waals surface area contributed by atoms with Crippen molar-refractivity contribution in [2.45, 2.75) is 31.1 Å². The molecule has 0 unspecified atom stereocenters. The van der Waals surface area contributed by atoms with Gasteiger partial charge in [0.2, 0.25) is 0 Å². The number of sulfone groups is 1. The minimum atomic E-state index is -3.16. The largest absolute Gasteiger partial charge is 0.244 e. The second kappa shape index (κ2) is 6.10. The molecule has 0 saturated heterocycles.